The van der Waals surface area contributed by atoms with Crippen LogP contribution in [0.15, 0.2) is 0 Å². The molecule has 3 heteroatoms. The molecule has 0 bridgehead atoms. The lowest BCUT2D eigenvalue weighted by Gasteiger charge is -2.24. The molecule has 1 heterocycles. The van der Waals surface area contributed by atoms with Crippen LogP contribution in [0, 0.1) is 11.8 Å². The third-order valence-corrected chi connectivity index (χ3v) is 5.27. The summed E-state index contributed by atoms with van der Waals surface area (Å²) in [6.45, 7) is 3.56. The van der Waals surface area contributed by atoms with Gasteiger partial charge in [-0.05, 0) is 44.1 Å². The predicted octanol–water partition coefficient (Wildman–Crippen LogP) is 1.92. The van der Waals surface area contributed by atoms with Crippen LogP contribution in [0.5, 0.6) is 0 Å². The molecule has 1 saturated heterocycles. The molecule has 2 fully saturated rings. The average molecular weight is 229 g/mol. The van der Waals surface area contributed by atoms with Crippen molar-refractivity contribution in [3.63, 3.8) is 0 Å². The van der Waals surface area contributed by atoms with Gasteiger partial charge in [-0.15, -0.1) is 0 Å². The summed E-state index contributed by atoms with van der Waals surface area (Å²) in [6.07, 6.45) is 6.48. The highest BCUT2D eigenvalue weighted by Gasteiger charge is 2.23. The van der Waals surface area contributed by atoms with Crippen molar-refractivity contribution in [1.29, 1.82) is 0 Å². The molecule has 1 aliphatic heterocycles. The third kappa shape index (κ3) is 3.56. The largest absolute Gasteiger partial charge is 0.314 e. The summed E-state index contributed by atoms with van der Waals surface area (Å²) in [5, 5.41) is 3.67. The lowest BCUT2D eigenvalue weighted by molar-refractivity contribution is 0.405. The van der Waals surface area contributed by atoms with E-state index >= 15 is 0 Å². The van der Waals surface area contributed by atoms with Crippen molar-refractivity contribution < 1.29 is 4.21 Å². The van der Waals surface area contributed by atoms with Gasteiger partial charge in [-0.2, -0.15) is 0 Å². The van der Waals surface area contributed by atoms with E-state index in [1.54, 1.807) is 0 Å². The Kier molecular flexibility index (Phi) is 4.21. The zero-order valence-corrected chi connectivity index (χ0v) is 10.5. The van der Waals surface area contributed by atoms with Gasteiger partial charge in [-0.3, -0.25) is 4.21 Å². The Bertz CT molecular complexity index is 222. The van der Waals surface area contributed by atoms with E-state index in [-0.39, 0.29) is 0 Å². The van der Waals surface area contributed by atoms with Crippen LogP contribution in [0.25, 0.3) is 0 Å². The Labute approximate surface area is 95.7 Å². The quantitative estimate of drug-likeness (QED) is 0.801. The SMILES string of the molecule is CC1CCC(CNC2CCS(=O)CC2)C1. The van der Waals surface area contributed by atoms with Crippen LogP contribution >= 0.6 is 0 Å². The van der Waals surface area contributed by atoms with E-state index in [9.17, 15) is 4.21 Å². The highest BCUT2D eigenvalue weighted by Crippen LogP contribution is 2.29. The van der Waals surface area contributed by atoms with E-state index < -0.39 is 10.8 Å². The Hall–Kier alpha value is 0.110. The molecule has 1 aliphatic carbocycles. The van der Waals surface area contributed by atoms with Crippen LogP contribution in [-0.2, 0) is 10.8 Å². The molecule has 0 aromatic rings. The fourth-order valence-corrected chi connectivity index (χ4v) is 4.14. The van der Waals surface area contributed by atoms with Crippen molar-refractivity contribution in [2.24, 2.45) is 11.8 Å². The van der Waals surface area contributed by atoms with E-state index in [0.29, 0.717) is 6.04 Å². The van der Waals surface area contributed by atoms with Crippen LogP contribution in [0.2, 0.25) is 0 Å². The summed E-state index contributed by atoms with van der Waals surface area (Å²) in [5.74, 6) is 3.68. The maximum atomic E-state index is 11.2. The number of nitrogens with one attached hydrogen (secondary N) is 1. The van der Waals surface area contributed by atoms with Crippen LogP contribution < -0.4 is 5.32 Å². The van der Waals surface area contributed by atoms with Crippen LogP contribution in [0.4, 0.5) is 0 Å². The lowest BCUT2D eigenvalue weighted by atomic mass is 10.0. The Morgan fingerprint density at radius 2 is 1.93 bits per heavy atom. The molecule has 0 aromatic heterocycles. The van der Waals surface area contributed by atoms with E-state index in [1.807, 2.05) is 0 Å². The smallest absolute Gasteiger partial charge is 0.0249 e. The highest BCUT2D eigenvalue weighted by molar-refractivity contribution is 7.85. The molecule has 15 heavy (non-hydrogen) atoms. The molecule has 1 saturated carbocycles. The number of hydrogen-bond acceptors (Lipinski definition) is 2. The summed E-state index contributed by atoms with van der Waals surface area (Å²) < 4.78 is 11.2. The van der Waals surface area contributed by atoms with Crippen LogP contribution in [0.3, 0.4) is 0 Å². The first-order valence-corrected chi connectivity index (χ1v) is 7.81. The normalized spacial score (nSPS) is 41.9. The maximum absolute atomic E-state index is 11.2. The molecule has 1 N–H and O–H groups in total. The van der Waals surface area contributed by atoms with E-state index in [0.717, 1.165) is 36.2 Å². The van der Waals surface area contributed by atoms with Gasteiger partial charge in [0, 0.05) is 28.3 Å². The van der Waals surface area contributed by atoms with E-state index in [2.05, 4.69) is 12.2 Å². The molecular weight excluding hydrogens is 206 g/mol. The Morgan fingerprint density at radius 1 is 1.20 bits per heavy atom. The first-order valence-electron chi connectivity index (χ1n) is 6.32. The van der Waals surface area contributed by atoms with Crippen molar-refractivity contribution >= 4 is 10.8 Å². The molecule has 2 aliphatic rings. The molecule has 2 unspecified atom stereocenters. The van der Waals surface area contributed by atoms with Gasteiger partial charge in [0.15, 0.2) is 0 Å². The number of hydrogen-bond donors (Lipinski definition) is 1. The molecule has 2 nitrogen and oxygen atoms in total. The summed E-state index contributed by atoms with van der Waals surface area (Å²) in [7, 11) is -0.512. The number of rotatable bonds is 3. The minimum Gasteiger partial charge on any atom is -0.314 e. The van der Waals surface area contributed by atoms with E-state index in [4.69, 9.17) is 0 Å². The Balaban J connectivity index is 1.63. The fourth-order valence-electron chi connectivity index (χ4n) is 2.84. The predicted molar refractivity (Wildman–Crippen MR) is 65.4 cm³/mol. The topological polar surface area (TPSA) is 29.1 Å². The van der Waals surface area contributed by atoms with Crippen LogP contribution in [-0.4, -0.2) is 28.3 Å². The lowest BCUT2D eigenvalue weighted by Crippen LogP contribution is -2.38. The Morgan fingerprint density at radius 3 is 2.53 bits per heavy atom. The zero-order chi connectivity index (χ0) is 10.7. The summed E-state index contributed by atoms with van der Waals surface area (Å²) in [6, 6.07) is 0.651. The van der Waals surface area contributed by atoms with Crippen molar-refractivity contribution in [3.8, 4) is 0 Å². The summed E-state index contributed by atoms with van der Waals surface area (Å²) in [4.78, 5) is 0. The fraction of sp³-hybridized carbons (Fsp3) is 1.00. The van der Waals surface area contributed by atoms with Crippen molar-refractivity contribution in [2.75, 3.05) is 18.1 Å². The van der Waals surface area contributed by atoms with Crippen LogP contribution in [0.1, 0.15) is 39.0 Å². The summed E-state index contributed by atoms with van der Waals surface area (Å²) in [5.41, 5.74) is 0. The minimum atomic E-state index is -0.512. The average Bonchev–Trinajstić information content (AvgIpc) is 2.64. The standard InChI is InChI=1S/C12H23NOS/c1-10-2-3-11(8-10)9-13-12-4-6-15(14)7-5-12/h10-13H,2-9H2,1H3. The molecule has 2 rings (SSSR count). The van der Waals surface area contributed by atoms with Gasteiger partial charge >= 0.3 is 0 Å². The molecular formula is C12H23NOS. The zero-order valence-electron chi connectivity index (χ0n) is 9.71. The minimum absolute atomic E-state index is 0.512. The second kappa shape index (κ2) is 5.44. The monoisotopic (exact) mass is 229 g/mol. The third-order valence-electron chi connectivity index (χ3n) is 3.89. The molecule has 0 radical (unpaired) electrons. The summed E-state index contributed by atoms with van der Waals surface area (Å²) >= 11 is 0. The first kappa shape index (κ1) is 11.6. The van der Waals surface area contributed by atoms with Gasteiger partial charge in [0.1, 0.15) is 0 Å². The molecule has 0 aromatic carbocycles. The van der Waals surface area contributed by atoms with Gasteiger partial charge in [-0.25, -0.2) is 0 Å². The molecule has 88 valence electrons. The second-order valence-electron chi connectivity index (χ2n) is 5.31. The molecule has 2 atom stereocenters. The van der Waals surface area contributed by atoms with Gasteiger partial charge in [0.2, 0.25) is 0 Å². The first-order chi connectivity index (χ1) is 7.24. The molecule has 0 amide bonds. The molecule has 0 spiro atoms. The van der Waals surface area contributed by atoms with Gasteiger partial charge < -0.3 is 5.32 Å². The van der Waals surface area contributed by atoms with Gasteiger partial charge in [0.25, 0.3) is 0 Å². The van der Waals surface area contributed by atoms with Gasteiger partial charge in [0.05, 0.1) is 0 Å². The van der Waals surface area contributed by atoms with Crippen molar-refractivity contribution in [2.45, 2.75) is 45.1 Å². The highest BCUT2D eigenvalue weighted by atomic mass is 32.2. The van der Waals surface area contributed by atoms with E-state index in [1.165, 1.54) is 25.8 Å². The van der Waals surface area contributed by atoms with Crippen molar-refractivity contribution in [1.82, 2.24) is 5.32 Å². The van der Waals surface area contributed by atoms with Crippen molar-refractivity contribution in [3.05, 3.63) is 0 Å². The maximum Gasteiger partial charge on any atom is 0.0249 e. The van der Waals surface area contributed by atoms with Gasteiger partial charge in [-0.1, -0.05) is 13.3 Å². The second-order valence-corrected chi connectivity index (χ2v) is 7.01.